The summed E-state index contributed by atoms with van der Waals surface area (Å²) in [5, 5.41) is 10.6. The van der Waals surface area contributed by atoms with Gasteiger partial charge in [0.15, 0.2) is 0 Å². The first-order chi connectivity index (χ1) is 15.8. The van der Waals surface area contributed by atoms with Gasteiger partial charge in [-0.3, -0.25) is 4.31 Å². The molecular formula is C25H18BrClFNO3S. The summed E-state index contributed by atoms with van der Waals surface area (Å²) in [6.45, 7) is -0.151. The number of aromatic hydroxyl groups is 1. The van der Waals surface area contributed by atoms with Crippen LogP contribution in [0.4, 0.5) is 10.1 Å². The van der Waals surface area contributed by atoms with Gasteiger partial charge < -0.3 is 5.11 Å². The van der Waals surface area contributed by atoms with Gasteiger partial charge in [-0.05, 0) is 56.9 Å². The monoisotopic (exact) mass is 545 g/mol. The highest BCUT2D eigenvalue weighted by Crippen LogP contribution is 2.39. The maximum atomic E-state index is 15.1. The zero-order chi connectivity index (χ0) is 23.6. The van der Waals surface area contributed by atoms with Gasteiger partial charge in [0.2, 0.25) is 0 Å². The average molecular weight is 547 g/mol. The Morgan fingerprint density at radius 3 is 2.18 bits per heavy atom. The van der Waals surface area contributed by atoms with Gasteiger partial charge in [-0.2, -0.15) is 0 Å². The van der Waals surface area contributed by atoms with Crippen molar-refractivity contribution in [2.24, 2.45) is 0 Å². The fourth-order valence-corrected chi connectivity index (χ4v) is 6.01. The molecule has 0 atom stereocenters. The van der Waals surface area contributed by atoms with Gasteiger partial charge in [-0.1, -0.05) is 78.3 Å². The van der Waals surface area contributed by atoms with E-state index in [1.54, 1.807) is 36.4 Å². The number of sulfonamides is 1. The van der Waals surface area contributed by atoms with E-state index in [1.165, 1.54) is 18.2 Å². The summed E-state index contributed by atoms with van der Waals surface area (Å²) >= 11 is 9.20. The lowest BCUT2D eigenvalue weighted by atomic mass is 10.0. The molecule has 0 saturated carbocycles. The SMILES string of the molecule is O=S(=O)(c1cc(Cl)cc(Br)c1O)N(Cc1ccccc1)c1cc(-c2ccccc2)ccc1F. The summed E-state index contributed by atoms with van der Waals surface area (Å²) < 4.78 is 43.8. The number of nitrogens with zero attached hydrogens (tertiary/aromatic N) is 1. The molecule has 0 spiro atoms. The number of rotatable bonds is 6. The minimum absolute atomic E-state index is 0.108. The Morgan fingerprint density at radius 1 is 0.879 bits per heavy atom. The first kappa shape index (κ1) is 23.3. The van der Waals surface area contributed by atoms with Crippen LogP contribution in [0.5, 0.6) is 5.75 Å². The van der Waals surface area contributed by atoms with Crippen molar-refractivity contribution in [1.82, 2.24) is 0 Å². The number of halogens is 3. The van der Waals surface area contributed by atoms with Crippen molar-refractivity contribution >= 4 is 43.2 Å². The molecule has 4 rings (SSSR count). The highest BCUT2D eigenvalue weighted by Gasteiger charge is 2.31. The van der Waals surface area contributed by atoms with Crippen molar-refractivity contribution in [2.45, 2.75) is 11.4 Å². The molecule has 4 aromatic rings. The third kappa shape index (κ3) is 4.90. The third-order valence-electron chi connectivity index (χ3n) is 5.05. The molecule has 4 aromatic carbocycles. The van der Waals surface area contributed by atoms with Crippen molar-refractivity contribution in [3.05, 3.63) is 112 Å². The lowest BCUT2D eigenvalue weighted by Crippen LogP contribution is -2.31. The van der Waals surface area contributed by atoms with E-state index in [4.69, 9.17) is 11.6 Å². The highest BCUT2D eigenvalue weighted by atomic mass is 79.9. The predicted molar refractivity (Wildman–Crippen MR) is 132 cm³/mol. The Hall–Kier alpha value is -2.87. The van der Waals surface area contributed by atoms with Crippen LogP contribution in [0.2, 0.25) is 5.02 Å². The molecule has 0 aliphatic heterocycles. The Labute approximate surface area is 205 Å². The van der Waals surface area contributed by atoms with Crippen LogP contribution >= 0.6 is 27.5 Å². The molecule has 1 N–H and O–H groups in total. The van der Waals surface area contributed by atoms with Gasteiger partial charge in [-0.15, -0.1) is 0 Å². The fraction of sp³-hybridized carbons (Fsp3) is 0.0400. The molecule has 4 nitrogen and oxygen atoms in total. The van der Waals surface area contributed by atoms with Crippen molar-refractivity contribution in [3.63, 3.8) is 0 Å². The second kappa shape index (κ2) is 9.55. The van der Waals surface area contributed by atoms with Crippen LogP contribution < -0.4 is 4.31 Å². The van der Waals surface area contributed by atoms with Gasteiger partial charge in [0.05, 0.1) is 16.7 Å². The molecule has 0 fully saturated rings. The first-order valence-corrected chi connectivity index (χ1v) is 12.5. The van der Waals surface area contributed by atoms with Crippen molar-refractivity contribution in [1.29, 1.82) is 0 Å². The van der Waals surface area contributed by atoms with Gasteiger partial charge in [0.25, 0.3) is 10.0 Å². The molecule has 0 radical (unpaired) electrons. The molecular weight excluding hydrogens is 529 g/mol. The average Bonchev–Trinajstić information content (AvgIpc) is 2.81. The first-order valence-electron chi connectivity index (χ1n) is 9.87. The zero-order valence-electron chi connectivity index (χ0n) is 17.1. The topological polar surface area (TPSA) is 57.6 Å². The molecule has 0 saturated heterocycles. The largest absolute Gasteiger partial charge is 0.505 e. The molecule has 33 heavy (non-hydrogen) atoms. The quantitative estimate of drug-likeness (QED) is 0.283. The van der Waals surface area contributed by atoms with Gasteiger partial charge in [-0.25, -0.2) is 12.8 Å². The van der Waals surface area contributed by atoms with Gasteiger partial charge >= 0.3 is 0 Å². The minimum Gasteiger partial charge on any atom is -0.505 e. The Morgan fingerprint density at radius 2 is 1.52 bits per heavy atom. The van der Waals surface area contributed by atoms with Crippen LogP contribution in [-0.2, 0) is 16.6 Å². The Balaban J connectivity index is 1.92. The molecule has 0 bridgehead atoms. The number of benzene rings is 4. The minimum atomic E-state index is -4.42. The van der Waals surface area contributed by atoms with Crippen LogP contribution in [0.1, 0.15) is 5.56 Å². The van der Waals surface area contributed by atoms with E-state index >= 15 is 4.39 Å². The van der Waals surface area contributed by atoms with E-state index in [0.717, 1.165) is 15.9 Å². The van der Waals surface area contributed by atoms with Crippen molar-refractivity contribution in [2.75, 3.05) is 4.31 Å². The van der Waals surface area contributed by atoms with E-state index in [2.05, 4.69) is 15.9 Å². The van der Waals surface area contributed by atoms with Crippen LogP contribution in [0.3, 0.4) is 0 Å². The number of phenolic OH excluding ortho intramolecular Hbond substituents is 1. The summed E-state index contributed by atoms with van der Waals surface area (Å²) in [5.74, 6) is -1.22. The van der Waals surface area contributed by atoms with Crippen LogP contribution in [0.15, 0.2) is 100 Å². The molecule has 0 amide bonds. The number of hydrogen-bond donors (Lipinski definition) is 1. The smallest absolute Gasteiger partial charge is 0.268 e. The van der Waals surface area contributed by atoms with Gasteiger partial charge in [0.1, 0.15) is 16.5 Å². The summed E-state index contributed by atoms with van der Waals surface area (Å²) in [7, 11) is -4.42. The molecule has 168 valence electrons. The molecule has 0 unspecified atom stereocenters. The predicted octanol–water partition coefficient (Wildman–Crippen LogP) is 7.01. The van der Waals surface area contributed by atoms with Crippen molar-refractivity contribution in [3.8, 4) is 16.9 Å². The number of anilines is 1. The Bertz CT molecular complexity index is 1400. The normalized spacial score (nSPS) is 11.4. The van der Waals surface area contributed by atoms with Gasteiger partial charge in [0, 0.05) is 5.02 Å². The van der Waals surface area contributed by atoms with E-state index < -0.39 is 26.5 Å². The van der Waals surface area contributed by atoms with Crippen LogP contribution in [-0.4, -0.2) is 13.5 Å². The van der Waals surface area contributed by atoms with Crippen molar-refractivity contribution < 1.29 is 17.9 Å². The third-order valence-corrected chi connectivity index (χ3v) is 7.65. The second-order valence-corrected chi connectivity index (χ2v) is 10.4. The van der Waals surface area contributed by atoms with E-state index in [9.17, 15) is 13.5 Å². The molecule has 0 aliphatic carbocycles. The maximum absolute atomic E-state index is 15.1. The van der Waals surface area contributed by atoms with Crippen LogP contribution in [0, 0.1) is 5.82 Å². The van der Waals surface area contributed by atoms with E-state index in [0.29, 0.717) is 11.1 Å². The standard InChI is InChI=1S/C25H18BrClFNO3S/c26-21-14-20(27)15-24(25(21)30)33(31,32)29(16-17-7-3-1-4-8-17)23-13-19(11-12-22(23)28)18-9-5-2-6-10-18/h1-15,30H,16H2. The molecule has 8 heteroatoms. The van der Waals surface area contributed by atoms with Crippen LogP contribution in [0.25, 0.3) is 11.1 Å². The number of phenols is 1. The lowest BCUT2D eigenvalue weighted by Gasteiger charge is -2.26. The summed E-state index contributed by atoms with van der Waals surface area (Å²) in [6, 6.07) is 24.9. The maximum Gasteiger partial charge on any atom is 0.268 e. The highest BCUT2D eigenvalue weighted by molar-refractivity contribution is 9.10. The zero-order valence-corrected chi connectivity index (χ0v) is 20.3. The number of hydrogen-bond acceptors (Lipinski definition) is 3. The Kier molecular flexibility index (Phi) is 6.74. The van der Waals surface area contributed by atoms with E-state index in [-0.39, 0.29) is 21.7 Å². The second-order valence-electron chi connectivity index (χ2n) is 7.26. The molecule has 0 aromatic heterocycles. The fourth-order valence-electron chi connectivity index (χ4n) is 3.42. The van der Waals surface area contributed by atoms with E-state index in [1.807, 2.05) is 30.3 Å². The summed E-state index contributed by atoms with van der Waals surface area (Å²) in [4.78, 5) is -0.428. The molecule has 0 heterocycles. The molecule has 0 aliphatic rings. The summed E-state index contributed by atoms with van der Waals surface area (Å²) in [6.07, 6.45) is 0. The summed E-state index contributed by atoms with van der Waals surface area (Å²) in [5.41, 5.74) is 1.96. The lowest BCUT2D eigenvalue weighted by molar-refractivity contribution is 0.455.